The standard InChI is InChI=1S/C24H21NO5/c1-29-24(28)21-9-5-6-17(14-21)16-30-22(26)15-25-23(27)20-12-10-19(11-13-20)18-7-3-2-4-8-18/h2-14H,15-16H2,1H3,(H,25,27). The third kappa shape index (κ3) is 5.54. The van der Waals surface area contributed by atoms with Gasteiger partial charge in [0.2, 0.25) is 0 Å². The summed E-state index contributed by atoms with van der Waals surface area (Å²) < 4.78 is 9.82. The Hall–Kier alpha value is -3.93. The number of methoxy groups -OCH3 is 1. The van der Waals surface area contributed by atoms with Gasteiger partial charge in [0.1, 0.15) is 13.2 Å². The molecule has 3 rings (SSSR count). The Morgan fingerprint density at radius 3 is 2.20 bits per heavy atom. The molecule has 0 radical (unpaired) electrons. The Balaban J connectivity index is 1.49. The maximum Gasteiger partial charge on any atom is 0.337 e. The first-order valence-corrected chi connectivity index (χ1v) is 9.33. The molecule has 0 saturated carbocycles. The van der Waals surface area contributed by atoms with Crippen LogP contribution in [-0.2, 0) is 20.9 Å². The van der Waals surface area contributed by atoms with Crippen LogP contribution in [0, 0.1) is 0 Å². The number of hydrogen-bond donors (Lipinski definition) is 1. The van der Waals surface area contributed by atoms with E-state index in [0.29, 0.717) is 16.7 Å². The van der Waals surface area contributed by atoms with E-state index in [1.54, 1.807) is 36.4 Å². The van der Waals surface area contributed by atoms with Gasteiger partial charge in [-0.15, -0.1) is 0 Å². The van der Waals surface area contributed by atoms with E-state index >= 15 is 0 Å². The van der Waals surface area contributed by atoms with Crippen LogP contribution in [0.5, 0.6) is 0 Å². The van der Waals surface area contributed by atoms with Crippen LogP contribution < -0.4 is 5.32 Å². The molecule has 0 bridgehead atoms. The third-order valence-electron chi connectivity index (χ3n) is 4.40. The minimum Gasteiger partial charge on any atom is -0.465 e. The van der Waals surface area contributed by atoms with E-state index < -0.39 is 11.9 Å². The maximum atomic E-state index is 12.3. The second-order valence-electron chi connectivity index (χ2n) is 6.48. The zero-order chi connectivity index (χ0) is 21.3. The lowest BCUT2D eigenvalue weighted by Gasteiger charge is -2.08. The van der Waals surface area contributed by atoms with Gasteiger partial charge in [-0.25, -0.2) is 4.79 Å². The Kier molecular flexibility index (Phi) is 6.95. The molecule has 152 valence electrons. The smallest absolute Gasteiger partial charge is 0.337 e. The van der Waals surface area contributed by atoms with Gasteiger partial charge in [0.25, 0.3) is 5.91 Å². The lowest BCUT2D eigenvalue weighted by atomic mass is 10.0. The van der Waals surface area contributed by atoms with E-state index in [1.165, 1.54) is 7.11 Å². The molecule has 3 aromatic rings. The van der Waals surface area contributed by atoms with Gasteiger partial charge in [-0.1, -0.05) is 54.6 Å². The summed E-state index contributed by atoms with van der Waals surface area (Å²) in [5, 5.41) is 2.55. The van der Waals surface area contributed by atoms with Gasteiger partial charge >= 0.3 is 11.9 Å². The van der Waals surface area contributed by atoms with Crippen molar-refractivity contribution >= 4 is 17.8 Å². The highest BCUT2D eigenvalue weighted by atomic mass is 16.5. The zero-order valence-electron chi connectivity index (χ0n) is 16.5. The normalized spacial score (nSPS) is 10.2. The van der Waals surface area contributed by atoms with Crippen molar-refractivity contribution < 1.29 is 23.9 Å². The molecule has 1 amide bonds. The van der Waals surface area contributed by atoms with Gasteiger partial charge in [0, 0.05) is 5.56 Å². The predicted octanol–water partition coefficient (Wildman–Crippen LogP) is 3.61. The monoisotopic (exact) mass is 403 g/mol. The summed E-state index contributed by atoms with van der Waals surface area (Å²) in [6, 6.07) is 23.6. The predicted molar refractivity (Wildman–Crippen MR) is 112 cm³/mol. The largest absolute Gasteiger partial charge is 0.465 e. The number of nitrogens with one attached hydrogen (secondary N) is 1. The molecule has 0 aliphatic heterocycles. The number of carbonyl (C=O) groups is 3. The third-order valence-corrected chi connectivity index (χ3v) is 4.40. The summed E-state index contributed by atoms with van der Waals surface area (Å²) in [6.07, 6.45) is 0. The summed E-state index contributed by atoms with van der Waals surface area (Å²) in [7, 11) is 1.30. The van der Waals surface area contributed by atoms with Gasteiger partial charge in [0.05, 0.1) is 12.7 Å². The molecule has 6 heteroatoms. The number of hydrogen-bond acceptors (Lipinski definition) is 5. The van der Waals surface area contributed by atoms with Crippen LogP contribution in [-0.4, -0.2) is 31.5 Å². The van der Waals surface area contributed by atoms with Crippen molar-refractivity contribution in [1.29, 1.82) is 0 Å². The summed E-state index contributed by atoms with van der Waals surface area (Å²) >= 11 is 0. The molecular weight excluding hydrogens is 382 g/mol. The topological polar surface area (TPSA) is 81.7 Å². The van der Waals surface area contributed by atoms with Crippen LogP contribution in [0.1, 0.15) is 26.3 Å². The molecule has 0 fully saturated rings. The Morgan fingerprint density at radius 1 is 0.800 bits per heavy atom. The molecule has 30 heavy (non-hydrogen) atoms. The van der Waals surface area contributed by atoms with E-state index in [2.05, 4.69) is 10.1 Å². The molecule has 3 aromatic carbocycles. The van der Waals surface area contributed by atoms with Crippen molar-refractivity contribution in [3.63, 3.8) is 0 Å². The quantitative estimate of drug-likeness (QED) is 0.610. The number of benzene rings is 3. The number of carbonyl (C=O) groups excluding carboxylic acids is 3. The molecule has 0 atom stereocenters. The maximum absolute atomic E-state index is 12.3. The summed E-state index contributed by atoms with van der Waals surface area (Å²) in [5.74, 6) is -1.40. The lowest BCUT2D eigenvalue weighted by Crippen LogP contribution is -2.30. The van der Waals surface area contributed by atoms with Crippen molar-refractivity contribution in [3.05, 3.63) is 95.6 Å². The van der Waals surface area contributed by atoms with Crippen molar-refractivity contribution in [2.75, 3.05) is 13.7 Å². The second-order valence-corrected chi connectivity index (χ2v) is 6.48. The fourth-order valence-corrected chi connectivity index (χ4v) is 2.82. The van der Waals surface area contributed by atoms with Crippen LogP contribution in [0.3, 0.4) is 0 Å². The van der Waals surface area contributed by atoms with Gasteiger partial charge in [-0.2, -0.15) is 0 Å². The number of amides is 1. The molecule has 6 nitrogen and oxygen atoms in total. The highest BCUT2D eigenvalue weighted by Gasteiger charge is 2.11. The molecule has 0 saturated heterocycles. The first kappa shape index (κ1) is 20.8. The Bertz CT molecular complexity index is 1030. The van der Waals surface area contributed by atoms with E-state index in [0.717, 1.165) is 11.1 Å². The van der Waals surface area contributed by atoms with Crippen LogP contribution in [0.4, 0.5) is 0 Å². The summed E-state index contributed by atoms with van der Waals surface area (Å²) in [6.45, 7) is -0.263. The van der Waals surface area contributed by atoms with Gasteiger partial charge < -0.3 is 14.8 Å². The van der Waals surface area contributed by atoms with E-state index in [1.807, 2.05) is 42.5 Å². The minimum atomic E-state index is -0.576. The molecule has 0 aliphatic rings. The van der Waals surface area contributed by atoms with Crippen molar-refractivity contribution in [2.24, 2.45) is 0 Å². The van der Waals surface area contributed by atoms with Crippen LogP contribution >= 0.6 is 0 Å². The van der Waals surface area contributed by atoms with E-state index in [-0.39, 0.29) is 19.1 Å². The minimum absolute atomic E-state index is 0.00862. The van der Waals surface area contributed by atoms with E-state index in [4.69, 9.17) is 4.74 Å². The Morgan fingerprint density at radius 2 is 1.50 bits per heavy atom. The van der Waals surface area contributed by atoms with Crippen LogP contribution in [0.2, 0.25) is 0 Å². The van der Waals surface area contributed by atoms with Crippen LogP contribution in [0.25, 0.3) is 11.1 Å². The zero-order valence-corrected chi connectivity index (χ0v) is 16.5. The molecule has 0 unspecified atom stereocenters. The number of rotatable bonds is 7. The SMILES string of the molecule is COC(=O)c1cccc(COC(=O)CNC(=O)c2ccc(-c3ccccc3)cc2)c1. The Labute approximate surface area is 174 Å². The highest BCUT2D eigenvalue weighted by molar-refractivity contribution is 5.96. The highest BCUT2D eigenvalue weighted by Crippen LogP contribution is 2.19. The summed E-state index contributed by atoms with van der Waals surface area (Å²) in [5.41, 5.74) is 3.53. The summed E-state index contributed by atoms with van der Waals surface area (Å²) in [4.78, 5) is 35.7. The van der Waals surface area contributed by atoms with Crippen molar-refractivity contribution in [3.8, 4) is 11.1 Å². The fourth-order valence-electron chi connectivity index (χ4n) is 2.82. The van der Waals surface area contributed by atoms with Crippen molar-refractivity contribution in [2.45, 2.75) is 6.61 Å². The van der Waals surface area contributed by atoms with Gasteiger partial charge in [0.15, 0.2) is 0 Å². The molecule has 0 aromatic heterocycles. The first-order valence-electron chi connectivity index (χ1n) is 9.33. The average Bonchev–Trinajstić information content (AvgIpc) is 2.81. The fraction of sp³-hybridized carbons (Fsp3) is 0.125. The van der Waals surface area contributed by atoms with Gasteiger partial charge in [-0.3, -0.25) is 9.59 Å². The van der Waals surface area contributed by atoms with E-state index in [9.17, 15) is 14.4 Å². The molecule has 0 heterocycles. The molecule has 1 N–H and O–H groups in total. The van der Waals surface area contributed by atoms with Gasteiger partial charge in [-0.05, 0) is 41.0 Å². The van der Waals surface area contributed by atoms with Crippen molar-refractivity contribution in [1.82, 2.24) is 5.32 Å². The second kappa shape index (κ2) is 10.0. The average molecular weight is 403 g/mol. The molecule has 0 spiro atoms. The number of ether oxygens (including phenoxy) is 2. The van der Waals surface area contributed by atoms with Crippen LogP contribution in [0.15, 0.2) is 78.9 Å². The first-order chi connectivity index (χ1) is 14.6. The lowest BCUT2D eigenvalue weighted by molar-refractivity contribution is -0.143. The number of esters is 2. The molecular formula is C24H21NO5. The molecule has 0 aliphatic carbocycles.